The highest BCUT2D eigenvalue weighted by Gasteiger charge is 2.23. The van der Waals surface area contributed by atoms with Crippen molar-refractivity contribution in [3.05, 3.63) is 28.8 Å². The van der Waals surface area contributed by atoms with Gasteiger partial charge in [-0.3, -0.25) is 0 Å². The summed E-state index contributed by atoms with van der Waals surface area (Å²) in [6.45, 7) is 7.56. The predicted molar refractivity (Wildman–Crippen MR) is 87.6 cm³/mol. The van der Waals surface area contributed by atoms with Gasteiger partial charge >= 0.3 is 0 Å². The van der Waals surface area contributed by atoms with E-state index in [-0.39, 0.29) is 6.04 Å². The van der Waals surface area contributed by atoms with Gasteiger partial charge in [0.05, 0.1) is 10.7 Å². The summed E-state index contributed by atoms with van der Waals surface area (Å²) in [4.78, 5) is 4.88. The summed E-state index contributed by atoms with van der Waals surface area (Å²) in [5.41, 5.74) is 8.18. The summed E-state index contributed by atoms with van der Waals surface area (Å²) in [6, 6.07) is 6.81. The summed E-state index contributed by atoms with van der Waals surface area (Å²) in [5, 5.41) is 0.822. The predicted octanol–water partition coefficient (Wildman–Crippen LogP) is 3.28. The molecule has 4 heteroatoms. The van der Waals surface area contributed by atoms with Gasteiger partial charge in [-0.25, -0.2) is 0 Å². The van der Waals surface area contributed by atoms with E-state index in [1.807, 2.05) is 13.0 Å². The molecule has 3 nitrogen and oxygen atoms in total. The quantitative estimate of drug-likeness (QED) is 0.929. The lowest BCUT2D eigenvalue weighted by molar-refractivity contribution is 0.328. The lowest BCUT2D eigenvalue weighted by Gasteiger charge is -2.33. The largest absolute Gasteiger partial charge is 0.366 e. The van der Waals surface area contributed by atoms with Crippen molar-refractivity contribution in [2.24, 2.45) is 5.73 Å². The molecular formula is C16H26ClN3. The molecule has 0 spiro atoms. The van der Waals surface area contributed by atoms with Crippen LogP contribution in [0.4, 0.5) is 5.69 Å². The van der Waals surface area contributed by atoms with Crippen LogP contribution in [0.3, 0.4) is 0 Å². The van der Waals surface area contributed by atoms with Crippen molar-refractivity contribution in [1.29, 1.82) is 0 Å². The van der Waals surface area contributed by atoms with Crippen LogP contribution >= 0.6 is 11.6 Å². The summed E-state index contributed by atoms with van der Waals surface area (Å²) in [6.07, 6.45) is 2.31. The molecule has 1 aromatic rings. The molecule has 0 saturated carbocycles. The maximum atomic E-state index is 6.51. The lowest BCUT2D eigenvalue weighted by atomic mass is 10.1. The highest BCUT2D eigenvalue weighted by atomic mass is 35.5. The van der Waals surface area contributed by atoms with E-state index in [0.29, 0.717) is 6.04 Å². The van der Waals surface area contributed by atoms with Crippen molar-refractivity contribution < 1.29 is 0 Å². The number of hydrogen-bond acceptors (Lipinski definition) is 3. The summed E-state index contributed by atoms with van der Waals surface area (Å²) in [5.74, 6) is 0. The van der Waals surface area contributed by atoms with E-state index in [2.05, 4.69) is 35.9 Å². The third-order valence-corrected chi connectivity index (χ3v) is 4.48. The second-order valence-electron chi connectivity index (χ2n) is 5.87. The molecule has 1 saturated heterocycles. The van der Waals surface area contributed by atoms with Crippen LogP contribution in [-0.4, -0.2) is 37.6 Å². The van der Waals surface area contributed by atoms with Crippen LogP contribution in [0, 0.1) is 0 Å². The molecule has 1 aliphatic rings. The first-order valence-corrected chi connectivity index (χ1v) is 7.91. The summed E-state index contributed by atoms with van der Waals surface area (Å²) < 4.78 is 0. The minimum Gasteiger partial charge on any atom is -0.366 e. The van der Waals surface area contributed by atoms with Gasteiger partial charge in [-0.05, 0) is 51.1 Å². The van der Waals surface area contributed by atoms with Gasteiger partial charge < -0.3 is 15.5 Å². The Kier molecular flexibility index (Phi) is 5.30. The van der Waals surface area contributed by atoms with Crippen molar-refractivity contribution in [2.75, 3.05) is 31.6 Å². The van der Waals surface area contributed by atoms with E-state index in [9.17, 15) is 0 Å². The van der Waals surface area contributed by atoms with Crippen LogP contribution in [0.1, 0.15) is 38.3 Å². The highest BCUT2D eigenvalue weighted by molar-refractivity contribution is 6.33. The van der Waals surface area contributed by atoms with Crippen LogP contribution < -0.4 is 10.6 Å². The topological polar surface area (TPSA) is 32.5 Å². The van der Waals surface area contributed by atoms with Gasteiger partial charge in [0.15, 0.2) is 0 Å². The molecule has 1 aliphatic heterocycles. The Morgan fingerprint density at radius 3 is 2.75 bits per heavy atom. The van der Waals surface area contributed by atoms with E-state index in [1.54, 1.807) is 0 Å². The molecule has 0 aliphatic carbocycles. The SMILES string of the molecule is CCC1CN(C)CCCN1c1ccc([C@H](C)N)cc1Cl. The number of nitrogens with zero attached hydrogens (tertiary/aromatic N) is 2. The zero-order chi connectivity index (χ0) is 14.7. The van der Waals surface area contributed by atoms with Crippen molar-refractivity contribution in [2.45, 2.75) is 38.8 Å². The number of halogens is 1. The minimum atomic E-state index is 0.0267. The zero-order valence-corrected chi connectivity index (χ0v) is 13.5. The molecule has 20 heavy (non-hydrogen) atoms. The summed E-state index contributed by atoms with van der Waals surface area (Å²) in [7, 11) is 2.20. The average molecular weight is 296 g/mol. The van der Waals surface area contributed by atoms with Crippen LogP contribution in [0.15, 0.2) is 18.2 Å². The first-order chi connectivity index (χ1) is 9.52. The zero-order valence-electron chi connectivity index (χ0n) is 12.8. The summed E-state index contributed by atoms with van der Waals surface area (Å²) >= 11 is 6.51. The molecule has 1 fully saturated rings. The maximum Gasteiger partial charge on any atom is 0.0643 e. The Morgan fingerprint density at radius 2 is 2.15 bits per heavy atom. The average Bonchev–Trinajstić information content (AvgIpc) is 2.60. The third-order valence-electron chi connectivity index (χ3n) is 4.18. The maximum absolute atomic E-state index is 6.51. The van der Waals surface area contributed by atoms with Crippen LogP contribution in [0.25, 0.3) is 0 Å². The normalized spacial score (nSPS) is 22.6. The van der Waals surface area contributed by atoms with Gasteiger partial charge in [0.1, 0.15) is 0 Å². The first-order valence-electron chi connectivity index (χ1n) is 7.53. The third kappa shape index (κ3) is 3.46. The smallest absolute Gasteiger partial charge is 0.0643 e. The van der Waals surface area contributed by atoms with Crippen LogP contribution in [-0.2, 0) is 0 Å². The second kappa shape index (κ2) is 6.79. The van der Waals surface area contributed by atoms with Gasteiger partial charge in [-0.15, -0.1) is 0 Å². The van der Waals surface area contributed by atoms with E-state index < -0.39 is 0 Å². The minimum absolute atomic E-state index is 0.0267. The molecule has 0 bridgehead atoms. The molecule has 0 amide bonds. The Bertz CT molecular complexity index is 447. The molecule has 2 atom stereocenters. The molecule has 1 heterocycles. The molecular weight excluding hydrogens is 270 g/mol. The van der Waals surface area contributed by atoms with E-state index in [4.69, 9.17) is 17.3 Å². The number of likely N-dealkylation sites (N-methyl/N-ethyl adjacent to an activating group) is 1. The second-order valence-corrected chi connectivity index (χ2v) is 6.28. The van der Waals surface area contributed by atoms with Crippen molar-refractivity contribution in [3.63, 3.8) is 0 Å². The molecule has 2 rings (SSSR count). The van der Waals surface area contributed by atoms with Crippen LogP contribution in [0.5, 0.6) is 0 Å². The monoisotopic (exact) mass is 295 g/mol. The molecule has 2 N–H and O–H groups in total. The first kappa shape index (κ1) is 15.6. The number of nitrogens with two attached hydrogens (primary N) is 1. The Morgan fingerprint density at radius 1 is 1.40 bits per heavy atom. The lowest BCUT2D eigenvalue weighted by Crippen LogP contribution is -2.40. The molecule has 1 unspecified atom stereocenters. The fourth-order valence-electron chi connectivity index (χ4n) is 2.95. The number of benzene rings is 1. The number of hydrogen-bond donors (Lipinski definition) is 1. The Labute approximate surface area is 127 Å². The highest BCUT2D eigenvalue weighted by Crippen LogP contribution is 2.31. The number of anilines is 1. The Hall–Kier alpha value is -0.770. The van der Waals surface area contributed by atoms with Gasteiger partial charge in [0.25, 0.3) is 0 Å². The standard InChI is InChI=1S/C16H26ClN3/c1-4-14-11-19(3)8-5-9-20(14)16-7-6-13(12(2)18)10-15(16)17/h6-7,10,12,14H,4-5,8-9,11,18H2,1-3H3/t12-,14?/m0/s1. The van der Waals surface area contributed by atoms with E-state index in [0.717, 1.165) is 42.3 Å². The van der Waals surface area contributed by atoms with Gasteiger partial charge in [0, 0.05) is 25.2 Å². The van der Waals surface area contributed by atoms with Crippen molar-refractivity contribution >= 4 is 17.3 Å². The Balaban J connectivity index is 2.28. The van der Waals surface area contributed by atoms with Crippen molar-refractivity contribution in [1.82, 2.24) is 4.90 Å². The van der Waals surface area contributed by atoms with Gasteiger partial charge in [0.2, 0.25) is 0 Å². The van der Waals surface area contributed by atoms with E-state index in [1.165, 1.54) is 6.42 Å². The molecule has 0 aromatic heterocycles. The fraction of sp³-hybridized carbons (Fsp3) is 0.625. The molecule has 112 valence electrons. The van der Waals surface area contributed by atoms with Crippen molar-refractivity contribution in [3.8, 4) is 0 Å². The van der Waals surface area contributed by atoms with Gasteiger partial charge in [-0.2, -0.15) is 0 Å². The van der Waals surface area contributed by atoms with Gasteiger partial charge in [-0.1, -0.05) is 24.6 Å². The fourth-order valence-corrected chi connectivity index (χ4v) is 3.25. The molecule has 1 aromatic carbocycles. The van der Waals surface area contributed by atoms with E-state index >= 15 is 0 Å². The number of rotatable bonds is 3. The molecule has 0 radical (unpaired) electrons. The van der Waals surface area contributed by atoms with Crippen LogP contribution in [0.2, 0.25) is 5.02 Å².